The molecule has 0 aliphatic rings. The number of carbonyl (C=O) groups is 1. The van der Waals surface area contributed by atoms with Crippen LogP contribution in [-0.4, -0.2) is 30.9 Å². The zero-order valence-corrected chi connectivity index (χ0v) is 16.8. The third-order valence-electron chi connectivity index (χ3n) is 4.32. The molecule has 2 aromatic carbocycles. The third kappa shape index (κ3) is 4.36. The molecule has 0 radical (unpaired) electrons. The number of anilines is 1. The van der Waals surface area contributed by atoms with Crippen LogP contribution in [0.4, 0.5) is 10.1 Å². The van der Waals surface area contributed by atoms with Gasteiger partial charge in [0.25, 0.3) is 5.91 Å². The Bertz CT molecular complexity index is 1160. The lowest BCUT2D eigenvalue weighted by Gasteiger charge is -2.09. The van der Waals surface area contributed by atoms with Crippen LogP contribution < -0.4 is 5.32 Å². The van der Waals surface area contributed by atoms with Crippen LogP contribution in [0.1, 0.15) is 21.7 Å². The summed E-state index contributed by atoms with van der Waals surface area (Å²) in [5.41, 5.74) is 2.98. The topological polar surface area (TPSA) is 85.6 Å². The quantitative estimate of drug-likeness (QED) is 0.374. The Morgan fingerprint density at radius 1 is 1.07 bits per heavy atom. The van der Waals surface area contributed by atoms with Gasteiger partial charge in [-0.1, -0.05) is 35.2 Å². The number of nitrogens with zero attached hydrogens (tertiary/aromatic N) is 5. The fourth-order valence-corrected chi connectivity index (χ4v) is 3.58. The largest absolute Gasteiger partial charge is 0.320 e. The van der Waals surface area contributed by atoms with Crippen molar-refractivity contribution < 1.29 is 9.18 Å². The Hall–Kier alpha value is -3.59. The summed E-state index contributed by atoms with van der Waals surface area (Å²) in [7, 11) is 0. The van der Waals surface area contributed by atoms with Crippen molar-refractivity contribution >= 4 is 23.4 Å². The van der Waals surface area contributed by atoms with Crippen molar-refractivity contribution in [2.45, 2.75) is 17.8 Å². The number of halogens is 1. The summed E-state index contributed by atoms with van der Waals surface area (Å²) in [5.74, 6) is -0.377. The van der Waals surface area contributed by atoms with Gasteiger partial charge in [-0.25, -0.2) is 19.0 Å². The molecule has 0 saturated heterocycles. The molecule has 0 bridgehead atoms. The third-order valence-corrected chi connectivity index (χ3v) is 5.21. The smallest absolute Gasteiger partial charge is 0.278 e. The highest BCUT2D eigenvalue weighted by Gasteiger charge is 2.22. The van der Waals surface area contributed by atoms with Crippen LogP contribution >= 0.6 is 11.8 Å². The fourth-order valence-electron chi connectivity index (χ4n) is 2.78. The van der Waals surface area contributed by atoms with Gasteiger partial charge >= 0.3 is 0 Å². The number of para-hydroxylation sites is 1. The minimum atomic E-state index is -0.373. The van der Waals surface area contributed by atoms with E-state index < -0.39 is 0 Å². The van der Waals surface area contributed by atoms with Crippen LogP contribution in [0.25, 0.3) is 5.69 Å². The Balaban J connectivity index is 1.67. The van der Waals surface area contributed by atoms with Gasteiger partial charge in [-0.15, -0.1) is 5.10 Å². The molecule has 2 heterocycles. The van der Waals surface area contributed by atoms with E-state index in [1.807, 2.05) is 31.2 Å². The van der Waals surface area contributed by atoms with Crippen LogP contribution in [0, 0.1) is 12.7 Å². The predicted molar refractivity (Wildman–Crippen MR) is 112 cm³/mol. The van der Waals surface area contributed by atoms with Gasteiger partial charge in [0, 0.05) is 23.8 Å². The molecule has 0 aliphatic heterocycles. The van der Waals surface area contributed by atoms with E-state index in [1.54, 1.807) is 30.6 Å². The summed E-state index contributed by atoms with van der Waals surface area (Å²) in [6.45, 7) is 1.91. The molecule has 7 nitrogen and oxygen atoms in total. The average molecular weight is 420 g/mol. The molecule has 0 atom stereocenters. The summed E-state index contributed by atoms with van der Waals surface area (Å²) < 4.78 is 14.9. The van der Waals surface area contributed by atoms with Gasteiger partial charge in [-0.2, -0.15) is 0 Å². The highest BCUT2D eigenvalue weighted by atomic mass is 32.2. The van der Waals surface area contributed by atoms with E-state index in [-0.39, 0.29) is 17.4 Å². The van der Waals surface area contributed by atoms with Crippen molar-refractivity contribution in [2.75, 3.05) is 5.32 Å². The molecule has 4 aromatic rings. The summed E-state index contributed by atoms with van der Waals surface area (Å²) in [6, 6.07) is 15.1. The number of benzene rings is 2. The summed E-state index contributed by atoms with van der Waals surface area (Å²) in [6.07, 6.45) is 3.30. The first-order valence-corrected chi connectivity index (χ1v) is 10.1. The minimum Gasteiger partial charge on any atom is -0.320 e. The minimum absolute atomic E-state index is 0.186. The number of thioether (sulfide) groups is 1. The maximum Gasteiger partial charge on any atom is 0.278 e. The molecule has 4 rings (SSSR count). The number of amides is 1. The second-order valence-corrected chi connectivity index (χ2v) is 7.30. The maximum absolute atomic E-state index is 13.4. The molecule has 30 heavy (non-hydrogen) atoms. The zero-order chi connectivity index (χ0) is 20.9. The van der Waals surface area contributed by atoms with Gasteiger partial charge < -0.3 is 5.32 Å². The van der Waals surface area contributed by atoms with Crippen LogP contribution in [-0.2, 0) is 5.75 Å². The number of carbonyl (C=O) groups excluding carboxylic acids is 1. The van der Waals surface area contributed by atoms with Crippen LogP contribution in [0.3, 0.4) is 0 Å². The lowest BCUT2D eigenvalue weighted by atomic mass is 10.2. The molecule has 0 unspecified atom stereocenters. The van der Waals surface area contributed by atoms with E-state index in [9.17, 15) is 9.18 Å². The molecule has 0 saturated carbocycles. The SMILES string of the molecule is Cc1ccccc1NC(=O)c1nnn(-c2ccc(F)cc2)c1CSc1ncccn1. The Morgan fingerprint density at radius 2 is 1.80 bits per heavy atom. The van der Waals surface area contributed by atoms with Crippen molar-refractivity contribution in [1.82, 2.24) is 25.0 Å². The molecule has 0 aliphatic carbocycles. The van der Waals surface area contributed by atoms with E-state index in [2.05, 4.69) is 25.6 Å². The van der Waals surface area contributed by atoms with Crippen molar-refractivity contribution in [2.24, 2.45) is 0 Å². The lowest BCUT2D eigenvalue weighted by Crippen LogP contribution is -2.16. The Morgan fingerprint density at radius 3 is 2.53 bits per heavy atom. The molecule has 9 heteroatoms. The van der Waals surface area contributed by atoms with Crippen molar-refractivity contribution in [3.63, 3.8) is 0 Å². The molecule has 2 aromatic heterocycles. The van der Waals surface area contributed by atoms with Crippen LogP contribution in [0.15, 0.2) is 72.1 Å². The number of hydrogen-bond donors (Lipinski definition) is 1. The number of aromatic nitrogens is 5. The van der Waals surface area contributed by atoms with Gasteiger partial charge in [-0.05, 0) is 48.9 Å². The highest BCUT2D eigenvalue weighted by Crippen LogP contribution is 2.24. The number of nitrogens with one attached hydrogen (secondary N) is 1. The molecule has 1 amide bonds. The zero-order valence-electron chi connectivity index (χ0n) is 16.0. The van der Waals surface area contributed by atoms with E-state index in [1.165, 1.54) is 28.6 Å². The van der Waals surface area contributed by atoms with E-state index >= 15 is 0 Å². The first-order valence-electron chi connectivity index (χ1n) is 9.09. The van der Waals surface area contributed by atoms with Gasteiger partial charge in [0.1, 0.15) is 5.82 Å². The first-order chi connectivity index (χ1) is 14.6. The summed E-state index contributed by atoms with van der Waals surface area (Å²) in [5, 5.41) is 11.7. The molecule has 1 N–H and O–H groups in total. The maximum atomic E-state index is 13.4. The van der Waals surface area contributed by atoms with E-state index in [4.69, 9.17) is 0 Å². The number of aryl methyl sites for hydroxylation is 1. The molecule has 0 fully saturated rings. The van der Waals surface area contributed by atoms with Crippen LogP contribution in [0.2, 0.25) is 0 Å². The second kappa shape index (κ2) is 8.83. The summed E-state index contributed by atoms with van der Waals surface area (Å²) >= 11 is 1.35. The number of hydrogen-bond acceptors (Lipinski definition) is 6. The Kier molecular flexibility index (Phi) is 5.80. The van der Waals surface area contributed by atoms with Gasteiger partial charge in [0.05, 0.1) is 11.4 Å². The normalized spacial score (nSPS) is 10.7. The molecular weight excluding hydrogens is 403 g/mol. The fraction of sp³-hybridized carbons (Fsp3) is 0.0952. The number of rotatable bonds is 6. The lowest BCUT2D eigenvalue weighted by molar-refractivity contribution is 0.102. The van der Waals surface area contributed by atoms with Gasteiger partial charge in [-0.3, -0.25) is 4.79 Å². The van der Waals surface area contributed by atoms with Gasteiger partial charge in [0.2, 0.25) is 0 Å². The molecule has 150 valence electrons. The second-order valence-electron chi connectivity index (χ2n) is 6.36. The van der Waals surface area contributed by atoms with E-state index in [0.717, 1.165) is 5.56 Å². The van der Waals surface area contributed by atoms with Gasteiger partial charge in [0.15, 0.2) is 10.9 Å². The first kappa shape index (κ1) is 19.7. The van der Waals surface area contributed by atoms with E-state index in [0.29, 0.717) is 28.0 Å². The van der Waals surface area contributed by atoms with Crippen molar-refractivity contribution in [1.29, 1.82) is 0 Å². The monoisotopic (exact) mass is 420 g/mol. The van der Waals surface area contributed by atoms with Crippen molar-refractivity contribution in [3.05, 3.63) is 89.8 Å². The highest BCUT2D eigenvalue weighted by molar-refractivity contribution is 7.98. The van der Waals surface area contributed by atoms with Crippen molar-refractivity contribution in [3.8, 4) is 5.69 Å². The van der Waals surface area contributed by atoms with Crippen LogP contribution in [0.5, 0.6) is 0 Å². The predicted octanol–water partition coefficient (Wildman–Crippen LogP) is 4.05. The Labute approximate surface area is 176 Å². The molecular formula is C21H17FN6OS. The summed E-state index contributed by atoms with van der Waals surface area (Å²) in [4.78, 5) is 21.4. The standard InChI is InChI=1S/C21H17FN6OS/c1-14-5-2-3-6-17(14)25-20(29)19-18(13-30-21-23-11-4-12-24-21)28(27-26-19)16-9-7-15(22)8-10-16/h2-12H,13H2,1H3,(H,25,29). The molecule has 0 spiro atoms. The average Bonchev–Trinajstić information content (AvgIpc) is 3.19.